The predicted octanol–water partition coefficient (Wildman–Crippen LogP) is 2.79. The normalized spacial score (nSPS) is 22.0. The quantitative estimate of drug-likeness (QED) is 0.499. The first kappa shape index (κ1) is 25.5. The average molecular weight is 423 g/mol. The number of carboxylic acid groups (broad SMARTS) is 1. The SMILES string of the molecule is CC.CCC1C(C(C)O)C(O)N1/C(C(=O)O)=C(\C)c1cccc(COC(=O)NC)c1. The Labute approximate surface area is 178 Å². The highest BCUT2D eigenvalue weighted by Crippen LogP contribution is 2.40. The van der Waals surface area contributed by atoms with E-state index < -0.39 is 30.3 Å². The van der Waals surface area contributed by atoms with Crippen molar-refractivity contribution in [3.05, 3.63) is 41.1 Å². The van der Waals surface area contributed by atoms with Crippen LogP contribution in [-0.4, -0.2) is 57.7 Å². The molecule has 1 aliphatic heterocycles. The van der Waals surface area contributed by atoms with Crippen molar-refractivity contribution >= 4 is 17.6 Å². The van der Waals surface area contributed by atoms with Crippen molar-refractivity contribution in [1.82, 2.24) is 10.2 Å². The van der Waals surface area contributed by atoms with Crippen LogP contribution in [0.25, 0.3) is 5.57 Å². The van der Waals surface area contributed by atoms with Crippen LogP contribution in [0.1, 0.15) is 52.2 Å². The smallest absolute Gasteiger partial charge is 0.407 e. The van der Waals surface area contributed by atoms with Gasteiger partial charge in [0, 0.05) is 19.0 Å². The summed E-state index contributed by atoms with van der Waals surface area (Å²) in [6, 6.07) is 6.78. The van der Waals surface area contributed by atoms with Gasteiger partial charge in [-0.15, -0.1) is 0 Å². The molecule has 4 N–H and O–H groups in total. The number of allylic oxidation sites excluding steroid dienone is 1. The molecule has 4 unspecified atom stereocenters. The van der Waals surface area contributed by atoms with Crippen LogP contribution in [0.5, 0.6) is 0 Å². The highest BCUT2D eigenvalue weighted by molar-refractivity contribution is 5.95. The topological polar surface area (TPSA) is 119 Å². The summed E-state index contributed by atoms with van der Waals surface area (Å²) in [5.74, 6) is -1.55. The molecule has 2 rings (SSSR count). The number of carbonyl (C=O) groups excluding carboxylic acids is 1. The molecule has 4 atom stereocenters. The Bertz CT molecular complexity index is 762. The lowest BCUT2D eigenvalue weighted by Crippen LogP contribution is -2.66. The van der Waals surface area contributed by atoms with E-state index >= 15 is 0 Å². The Balaban J connectivity index is 0.00000218. The lowest BCUT2D eigenvalue weighted by atomic mass is 9.79. The van der Waals surface area contributed by atoms with Crippen LogP contribution in [0, 0.1) is 5.92 Å². The number of likely N-dealkylation sites (tertiary alicyclic amines) is 1. The second kappa shape index (κ2) is 11.6. The van der Waals surface area contributed by atoms with Crippen LogP contribution in [0.2, 0.25) is 0 Å². The van der Waals surface area contributed by atoms with Gasteiger partial charge < -0.3 is 30.3 Å². The molecule has 0 bridgehead atoms. The summed E-state index contributed by atoms with van der Waals surface area (Å²) >= 11 is 0. The molecule has 1 heterocycles. The molecular weight excluding hydrogens is 388 g/mol. The van der Waals surface area contributed by atoms with Crippen molar-refractivity contribution < 1.29 is 29.6 Å². The number of nitrogens with one attached hydrogen (secondary N) is 1. The van der Waals surface area contributed by atoms with Crippen molar-refractivity contribution in [2.24, 2.45) is 5.92 Å². The van der Waals surface area contributed by atoms with Crippen molar-refractivity contribution in [2.75, 3.05) is 7.05 Å². The standard InChI is InChI=1S/C20H28N2O6.C2H6/c1-5-15-16(12(3)23)18(24)22(15)17(19(25)26)11(2)14-8-6-7-13(9-14)10-28-20(27)21-4;1-2/h6-9,12,15-16,18,23-24H,5,10H2,1-4H3,(H,21,27)(H,25,26);1-2H3/b17-11+;. The number of rotatable bonds is 7. The number of alkyl carbamates (subject to hydrolysis) is 1. The highest BCUT2D eigenvalue weighted by Gasteiger charge is 2.51. The van der Waals surface area contributed by atoms with Crippen molar-refractivity contribution in [1.29, 1.82) is 0 Å². The molecule has 0 aliphatic carbocycles. The molecule has 1 aromatic carbocycles. The molecule has 8 heteroatoms. The number of carbonyl (C=O) groups is 2. The molecule has 1 aliphatic rings. The van der Waals surface area contributed by atoms with E-state index in [0.717, 1.165) is 0 Å². The van der Waals surface area contributed by atoms with Gasteiger partial charge in [-0.25, -0.2) is 9.59 Å². The van der Waals surface area contributed by atoms with Gasteiger partial charge in [-0.3, -0.25) is 0 Å². The molecule has 30 heavy (non-hydrogen) atoms. The Morgan fingerprint density at radius 2 is 1.93 bits per heavy atom. The number of aliphatic hydroxyl groups excluding tert-OH is 2. The predicted molar refractivity (Wildman–Crippen MR) is 114 cm³/mol. The van der Waals surface area contributed by atoms with Gasteiger partial charge in [-0.05, 0) is 43.0 Å². The van der Waals surface area contributed by atoms with Gasteiger partial charge in [0.15, 0.2) is 0 Å². The Hall–Kier alpha value is -2.58. The van der Waals surface area contributed by atoms with Crippen LogP contribution < -0.4 is 5.32 Å². The molecular formula is C22H34N2O6. The summed E-state index contributed by atoms with van der Waals surface area (Å²) in [6.45, 7) is 9.22. The number of hydrogen-bond acceptors (Lipinski definition) is 6. The van der Waals surface area contributed by atoms with Gasteiger partial charge in [0.25, 0.3) is 0 Å². The summed E-state index contributed by atoms with van der Waals surface area (Å²) in [5.41, 5.74) is 1.85. The third-order valence-corrected chi connectivity index (χ3v) is 5.16. The van der Waals surface area contributed by atoms with Crippen LogP contribution in [0.4, 0.5) is 4.79 Å². The maximum atomic E-state index is 12.0. The molecule has 0 radical (unpaired) electrons. The number of nitrogens with zero attached hydrogens (tertiary/aromatic N) is 1. The minimum atomic E-state index is -1.15. The number of benzene rings is 1. The van der Waals surface area contributed by atoms with Gasteiger partial charge >= 0.3 is 12.1 Å². The third kappa shape index (κ3) is 5.52. The van der Waals surface area contributed by atoms with Gasteiger partial charge in [-0.1, -0.05) is 39.0 Å². The monoisotopic (exact) mass is 422 g/mol. The van der Waals surface area contributed by atoms with Crippen molar-refractivity contribution in [2.45, 2.75) is 66.0 Å². The first-order chi connectivity index (χ1) is 14.2. The van der Waals surface area contributed by atoms with E-state index in [1.54, 1.807) is 38.1 Å². The summed E-state index contributed by atoms with van der Waals surface area (Å²) in [7, 11) is 1.47. The molecule has 1 fully saturated rings. The van der Waals surface area contributed by atoms with E-state index in [9.17, 15) is 24.9 Å². The molecule has 1 saturated heterocycles. The highest BCUT2D eigenvalue weighted by atomic mass is 16.5. The van der Waals surface area contributed by atoms with Crippen LogP contribution in [0.15, 0.2) is 30.0 Å². The third-order valence-electron chi connectivity index (χ3n) is 5.16. The minimum absolute atomic E-state index is 0.000574. The molecule has 168 valence electrons. The number of aliphatic carboxylic acids is 1. The molecule has 1 amide bonds. The maximum Gasteiger partial charge on any atom is 0.407 e. The van der Waals surface area contributed by atoms with E-state index in [-0.39, 0.29) is 18.3 Å². The zero-order chi connectivity index (χ0) is 23.0. The number of carboxylic acids is 1. The second-order valence-electron chi connectivity index (χ2n) is 6.92. The largest absolute Gasteiger partial charge is 0.477 e. The van der Waals surface area contributed by atoms with Crippen LogP contribution in [-0.2, 0) is 16.1 Å². The lowest BCUT2D eigenvalue weighted by molar-refractivity contribution is -0.193. The second-order valence-corrected chi connectivity index (χ2v) is 6.92. The maximum absolute atomic E-state index is 12.0. The van der Waals surface area contributed by atoms with Gasteiger partial charge in [0.1, 0.15) is 18.5 Å². The fraction of sp³-hybridized carbons (Fsp3) is 0.545. The average Bonchev–Trinajstić information content (AvgIpc) is 2.74. The Kier molecular flexibility index (Phi) is 9.81. The summed E-state index contributed by atoms with van der Waals surface area (Å²) in [6.07, 6.45) is -1.76. The fourth-order valence-electron chi connectivity index (χ4n) is 3.72. The van der Waals surface area contributed by atoms with E-state index in [0.29, 0.717) is 23.1 Å². The van der Waals surface area contributed by atoms with E-state index in [1.807, 2.05) is 20.8 Å². The van der Waals surface area contributed by atoms with E-state index in [1.165, 1.54) is 11.9 Å². The van der Waals surface area contributed by atoms with Crippen molar-refractivity contribution in [3.63, 3.8) is 0 Å². The molecule has 1 aromatic rings. The van der Waals surface area contributed by atoms with Gasteiger partial charge in [-0.2, -0.15) is 0 Å². The van der Waals surface area contributed by atoms with Gasteiger partial charge in [0.05, 0.1) is 6.10 Å². The number of amides is 1. The molecule has 0 aromatic heterocycles. The summed E-state index contributed by atoms with van der Waals surface area (Å²) < 4.78 is 5.03. The van der Waals surface area contributed by atoms with Gasteiger partial charge in [0.2, 0.25) is 0 Å². The Morgan fingerprint density at radius 1 is 1.30 bits per heavy atom. The first-order valence-electron chi connectivity index (χ1n) is 10.2. The number of hydrogen-bond donors (Lipinski definition) is 4. The fourth-order valence-corrected chi connectivity index (χ4v) is 3.72. The van der Waals surface area contributed by atoms with Crippen LogP contribution >= 0.6 is 0 Å². The van der Waals surface area contributed by atoms with Crippen molar-refractivity contribution in [3.8, 4) is 0 Å². The molecule has 0 saturated carbocycles. The number of ether oxygens (including phenoxy) is 1. The lowest BCUT2D eigenvalue weighted by Gasteiger charge is -2.55. The summed E-state index contributed by atoms with van der Waals surface area (Å²) in [4.78, 5) is 24.7. The zero-order valence-electron chi connectivity index (χ0n) is 18.5. The minimum Gasteiger partial charge on any atom is -0.477 e. The van der Waals surface area contributed by atoms with E-state index in [4.69, 9.17) is 4.74 Å². The van der Waals surface area contributed by atoms with Crippen LogP contribution in [0.3, 0.4) is 0 Å². The zero-order valence-corrected chi connectivity index (χ0v) is 18.5. The molecule has 0 spiro atoms. The number of aliphatic hydroxyl groups is 2. The first-order valence-corrected chi connectivity index (χ1v) is 10.2. The molecule has 8 nitrogen and oxygen atoms in total. The summed E-state index contributed by atoms with van der Waals surface area (Å²) in [5, 5.41) is 32.6. The Morgan fingerprint density at radius 3 is 2.43 bits per heavy atom. The van der Waals surface area contributed by atoms with E-state index in [2.05, 4.69) is 5.32 Å².